The Morgan fingerprint density at radius 2 is 1.67 bits per heavy atom. The van der Waals surface area contributed by atoms with Gasteiger partial charge >= 0.3 is 0 Å². The van der Waals surface area contributed by atoms with Gasteiger partial charge in [0.15, 0.2) is 0 Å². The van der Waals surface area contributed by atoms with Gasteiger partial charge in [-0.2, -0.15) is 0 Å². The van der Waals surface area contributed by atoms with Crippen molar-refractivity contribution >= 4 is 16.5 Å². The monoisotopic (exact) mass is 278 g/mol. The SMILES string of the molecule is Nc1cc2ccccc2cc1CNC1C2C3CCC(C3)C12. The summed E-state index contributed by atoms with van der Waals surface area (Å²) < 4.78 is 0. The molecule has 3 saturated carbocycles. The van der Waals surface area contributed by atoms with Crippen LogP contribution in [0.2, 0.25) is 0 Å². The minimum Gasteiger partial charge on any atom is -0.398 e. The third-order valence-electron chi connectivity index (χ3n) is 6.27. The van der Waals surface area contributed by atoms with Gasteiger partial charge < -0.3 is 11.1 Å². The highest BCUT2D eigenvalue weighted by atomic mass is 15.0. The summed E-state index contributed by atoms with van der Waals surface area (Å²) in [6.45, 7) is 0.924. The van der Waals surface area contributed by atoms with E-state index in [9.17, 15) is 0 Å². The van der Waals surface area contributed by atoms with Crippen LogP contribution in [0.15, 0.2) is 36.4 Å². The molecular formula is C19H22N2. The molecule has 3 N–H and O–H groups in total. The number of hydrogen-bond acceptors (Lipinski definition) is 2. The molecule has 0 heterocycles. The molecule has 4 atom stereocenters. The van der Waals surface area contributed by atoms with Crippen molar-refractivity contribution in [1.29, 1.82) is 0 Å². The second-order valence-electron chi connectivity index (χ2n) is 7.29. The van der Waals surface area contributed by atoms with E-state index in [4.69, 9.17) is 5.73 Å². The molecule has 3 fully saturated rings. The number of anilines is 1. The first-order chi connectivity index (χ1) is 10.3. The van der Waals surface area contributed by atoms with Crippen molar-refractivity contribution < 1.29 is 0 Å². The Morgan fingerprint density at radius 1 is 1.00 bits per heavy atom. The molecule has 0 amide bonds. The average Bonchev–Trinajstić information content (AvgIpc) is 2.88. The Kier molecular flexibility index (Phi) is 2.43. The fourth-order valence-electron chi connectivity index (χ4n) is 5.28. The van der Waals surface area contributed by atoms with Crippen molar-refractivity contribution in [2.24, 2.45) is 23.7 Å². The van der Waals surface area contributed by atoms with Crippen molar-refractivity contribution in [3.8, 4) is 0 Å². The third-order valence-corrected chi connectivity index (χ3v) is 6.27. The zero-order chi connectivity index (χ0) is 14.0. The van der Waals surface area contributed by atoms with Crippen LogP contribution >= 0.6 is 0 Å². The van der Waals surface area contributed by atoms with Gasteiger partial charge in [-0.15, -0.1) is 0 Å². The third kappa shape index (κ3) is 1.75. The van der Waals surface area contributed by atoms with Crippen molar-refractivity contribution in [3.63, 3.8) is 0 Å². The molecule has 0 radical (unpaired) electrons. The Labute approximate surface area is 125 Å². The minimum atomic E-state index is 0.780. The molecule has 21 heavy (non-hydrogen) atoms. The summed E-state index contributed by atoms with van der Waals surface area (Å²) in [5.41, 5.74) is 8.42. The van der Waals surface area contributed by atoms with Gasteiger partial charge in [-0.05, 0) is 71.4 Å². The van der Waals surface area contributed by atoms with Crippen LogP contribution < -0.4 is 11.1 Å². The van der Waals surface area contributed by atoms with E-state index >= 15 is 0 Å². The van der Waals surface area contributed by atoms with Crippen LogP contribution in [0.1, 0.15) is 24.8 Å². The van der Waals surface area contributed by atoms with Gasteiger partial charge in [0.05, 0.1) is 0 Å². The van der Waals surface area contributed by atoms with E-state index in [1.165, 1.54) is 35.6 Å². The molecule has 3 aliphatic rings. The van der Waals surface area contributed by atoms with Crippen LogP contribution in [0.4, 0.5) is 5.69 Å². The van der Waals surface area contributed by atoms with Crippen LogP contribution in [0.5, 0.6) is 0 Å². The van der Waals surface area contributed by atoms with E-state index < -0.39 is 0 Å². The predicted molar refractivity (Wildman–Crippen MR) is 86.8 cm³/mol. The van der Waals surface area contributed by atoms with Crippen molar-refractivity contribution in [3.05, 3.63) is 42.0 Å². The molecular weight excluding hydrogens is 256 g/mol. The first kappa shape index (κ1) is 12.0. The molecule has 0 aliphatic heterocycles. The normalized spacial score (nSPS) is 36.1. The average molecular weight is 278 g/mol. The molecule has 0 spiro atoms. The topological polar surface area (TPSA) is 38.0 Å². The van der Waals surface area contributed by atoms with Crippen LogP contribution in [0.3, 0.4) is 0 Å². The Hall–Kier alpha value is -1.54. The number of hydrogen-bond donors (Lipinski definition) is 2. The summed E-state index contributed by atoms with van der Waals surface area (Å²) in [5.74, 6) is 4.05. The lowest BCUT2D eigenvalue weighted by molar-refractivity contribution is 0.456. The highest BCUT2D eigenvalue weighted by Gasteiger charge is 2.64. The fraction of sp³-hybridized carbons (Fsp3) is 0.474. The van der Waals surface area contributed by atoms with Gasteiger partial charge in [-0.1, -0.05) is 24.3 Å². The zero-order valence-electron chi connectivity index (χ0n) is 12.3. The maximum Gasteiger partial charge on any atom is 0.0366 e. The van der Waals surface area contributed by atoms with Crippen molar-refractivity contribution in [2.75, 3.05) is 5.73 Å². The lowest BCUT2D eigenvalue weighted by atomic mass is 10.0. The molecule has 2 aromatic carbocycles. The molecule has 0 saturated heterocycles. The first-order valence-electron chi connectivity index (χ1n) is 8.32. The fourth-order valence-corrected chi connectivity index (χ4v) is 5.28. The highest BCUT2D eigenvalue weighted by molar-refractivity contribution is 5.86. The highest BCUT2D eigenvalue weighted by Crippen LogP contribution is 2.65. The van der Waals surface area contributed by atoms with E-state index in [2.05, 4.69) is 41.7 Å². The van der Waals surface area contributed by atoms with Gasteiger partial charge in [0.1, 0.15) is 0 Å². The lowest BCUT2D eigenvalue weighted by Crippen LogP contribution is -2.23. The molecule has 2 bridgehead atoms. The second-order valence-corrected chi connectivity index (χ2v) is 7.29. The lowest BCUT2D eigenvalue weighted by Gasteiger charge is -2.12. The summed E-state index contributed by atoms with van der Waals surface area (Å²) >= 11 is 0. The van der Waals surface area contributed by atoms with Gasteiger partial charge in [0.25, 0.3) is 0 Å². The van der Waals surface area contributed by atoms with E-state index in [-0.39, 0.29) is 0 Å². The van der Waals surface area contributed by atoms with Crippen LogP contribution in [0.25, 0.3) is 10.8 Å². The Bertz CT molecular complexity index is 692. The van der Waals surface area contributed by atoms with Crippen LogP contribution in [0, 0.1) is 23.7 Å². The maximum atomic E-state index is 6.24. The molecule has 3 aliphatic carbocycles. The smallest absolute Gasteiger partial charge is 0.0366 e. The largest absolute Gasteiger partial charge is 0.398 e. The molecule has 5 rings (SSSR count). The molecule has 2 heteroatoms. The number of fused-ring (bicyclic) bond motifs is 6. The first-order valence-corrected chi connectivity index (χ1v) is 8.32. The van der Waals surface area contributed by atoms with Gasteiger partial charge in [0.2, 0.25) is 0 Å². The van der Waals surface area contributed by atoms with Gasteiger partial charge in [0, 0.05) is 18.3 Å². The summed E-state index contributed by atoms with van der Waals surface area (Å²) in [6, 6.07) is 13.6. The Balaban J connectivity index is 1.34. The maximum absolute atomic E-state index is 6.24. The van der Waals surface area contributed by atoms with E-state index in [1.54, 1.807) is 0 Å². The summed E-state index contributed by atoms with van der Waals surface area (Å²) in [6.07, 6.45) is 4.50. The molecule has 0 aromatic heterocycles. The van der Waals surface area contributed by atoms with Crippen LogP contribution in [-0.2, 0) is 6.54 Å². The number of nitrogens with one attached hydrogen (secondary N) is 1. The standard InChI is InChI=1S/C19H22N2/c20-16-9-12-4-2-1-3-11(12)7-15(16)10-21-19-17-13-5-6-14(8-13)18(17)19/h1-4,7,9,13-14,17-19,21H,5-6,8,10,20H2. The van der Waals surface area contributed by atoms with Crippen molar-refractivity contribution in [2.45, 2.75) is 31.8 Å². The van der Waals surface area contributed by atoms with Gasteiger partial charge in [-0.3, -0.25) is 0 Å². The molecule has 4 unspecified atom stereocenters. The summed E-state index contributed by atoms with van der Waals surface area (Å²) in [7, 11) is 0. The second kappa shape index (κ2) is 4.23. The number of nitrogen functional groups attached to an aromatic ring is 1. The quantitative estimate of drug-likeness (QED) is 0.843. The molecule has 108 valence electrons. The van der Waals surface area contributed by atoms with E-state index in [0.29, 0.717) is 0 Å². The number of nitrogens with two attached hydrogens (primary N) is 1. The molecule has 2 nitrogen and oxygen atoms in total. The molecule has 2 aromatic rings. The van der Waals surface area contributed by atoms with Crippen molar-refractivity contribution in [1.82, 2.24) is 5.32 Å². The van der Waals surface area contributed by atoms with Crippen LogP contribution in [-0.4, -0.2) is 6.04 Å². The minimum absolute atomic E-state index is 0.780. The van der Waals surface area contributed by atoms with E-state index in [0.717, 1.165) is 41.9 Å². The summed E-state index contributed by atoms with van der Waals surface area (Å²) in [4.78, 5) is 0. The van der Waals surface area contributed by atoms with Gasteiger partial charge in [-0.25, -0.2) is 0 Å². The zero-order valence-corrected chi connectivity index (χ0v) is 12.3. The van der Waals surface area contributed by atoms with E-state index in [1.807, 2.05) is 0 Å². The number of benzene rings is 2. The summed E-state index contributed by atoms with van der Waals surface area (Å²) in [5, 5.41) is 6.33. The Morgan fingerprint density at radius 3 is 2.38 bits per heavy atom. The number of rotatable bonds is 3. The predicted octanol–water partition coefficient (Wildman–Crippen LogP) is 3.56.